The Hall–Kier alpha value is -1.95. The SMILES string of the molecule is COCCNC(=O)[C@@]1(C)CCC(=O)N1Cc1cccc(F)c1. The normalized spacial score (nSPS) is 21.2. The van der Waals surface area contributed by atoms with Gasteiger partial charge in [0.05, 0.1) is 6.61 Å². The van der Waals surface area contributed by atoms with Gasteiger partial charge in [-0.2, -0.15) is 0 Å². The van der Waals surface area contributed by atoms with E-state index < -0.39 is 5.54 Å². The van der Waals surface area contributed by atoms with Gasteiger partial charge in [0.15, 0.2) is 0 Å². The number of nitrogens with one attached hydrogen (secondary N) is 1. The predicted molar refractivity (Wildman–Crippen MR) is 79.5 cm³/mol. The second-order valence-electron chi connectivity index (χ2n) is 5.63. The van der Waals surface area contributed by atoms with Crippen LogP contribution in [-0.2, 0) is 20.9 Å². The van der Waals surface area contributed by atoms with E-state index in [1.54, 1.807) is 26.2 Å². The third-order valence-electron chi connectivity index (χ3n) is 4.03. The first-order valence-corrected chi connectivity index (χ1v) is 7.29. The highest BCUT2D eigenvalue weighted by molar-refractivity contribution is 5.94. The van der Waals surface area contributed by atoms with Crippen molar-refractivity contribution in [1.29, 1.82) is 0 Å². The van der Waals surface area contributed by atoms with Gasteiger partial charge in [0.1, 0.15) is 11.4 Å². The molecule has 5 nitrogen and oxygen atoms in total. The Balaban J connectivity index is 2.12. The molecule has 1 aromatic carbocycles. The minimum atomic E-state index is -0.906. The Labute approximate surface area is 129 Å². The van der Waals surface area contributed by atoms with Crippen molar-refractivity contribution in [2.24, 2.45) is 0 Å². The van der Waals surface area contributed by atoms with Crippen LogP contribution in [-0.4, -0.2) is 42.5 Å². The molecule has 120 valence electrons. The number of methoxy groups -OCH3 is 1. The number of amides is 2. The summed E-state index contributed by atoms with van der Waals surface area (Å²) in [5, 5.41) is 2.78. The van der Waals surface area contributed by atoms with Gasteiger partial charge in [-0.3, -0.25) is 9.59 Å². The third-order valence-corrected chi connectivity index (χ3v) is 4.03. The molecule has 22 heavy (non-hydrogen) atoms. The molecule has 1 N–H and O–H groups in total. The molecule has 6 heteroatoms. The zero-order valence-corrected chi connectivity index (χ0v) is 12.9. The lowest BCUT2D eigenvalue weighted by atomic mass is 9.97. The predicted octanol–water partition coefficient (Wildman–Crippen LogP) is 1.47. The summed E-state index contributed by atoms with van der Waals surface area (Å²) in [4.78, 5) is 26.1. The molecule has 1 fully saturated rings. The smallest absolute Gasteiger partial charge is 0.245 e. The molecule has 1 aliphatic rings. The number of benzene rings is 1. The standard InChI is InChI=1S/C16H21FN2O3/c1-16(15(21)18-8-9-22-2)7-6-14(20)19(16)11-12-4-3-5-13(17)10-12/h3-5,10H,6-9,11H2,1-2H3,(H,18,21)/t16-/m1/s1. The number of hydrogen-bond donors (Lipinski definition) is 1. The summed E-state index contributed by atoms with van der Waals surface area (Å²) in [6.07, 6.45) is 0.781. The minimum Gasteiger partial charge on any atom is -0.383 e. The van der Waals surface area contributed by atoms with Crippen molar-refractivity contribution in [1.82, 2.24) is 10.2 Å². The van der Waals surface area contributed by atoms with Gasteiger partial charge in [0.25, 0.3) is 0 Å². The second-order valence-corrected chi connectivity index (χ2v) is 5.63. The van der Waals surface area contributed by atoms with Gasteiger partial charge in [0, 0.05) is 26.6 Å². The van der Waals surface area contributed by atoms with Gasteiger partial charge in [-0.25, -0.2) is 4.39 Å². The zero-order chi connectivity index (χ0) is 16.2. The molecule has 0 aliphatic carbocycles. The van der Waals surface area contributed by atoms with Crippen molar-refractivity contribution in [3.8, 4) is 0 Å². The summed E-state index contributed by atoms with van der Waals surface area (Å²) >= 11 is 0. The number of hydrogen-bond acceptors (Lipinski definition) is 3. The van der Waals surface area contributed by atoms with Crippen LogP contribution in [0.5, 0.6) is 0 Å². The second kappa shape index (κ2) is 6.87. The summed E-state index contributed by atoms with van der Waals surface area (Å²) in [5.74, 6) is -0.643. The minimum absolute atomic E-state index is 0.0892. The van der Waals surface area contributed by atoms with Gasteiger partial charge >= 0.3 is 0 Å². The Morgan fingerprint density at radius 3 is 2.95 bits per heavy atom. The molecule has 0 saturated carbocycles. The third kappa shape index (κ3) is 3.44. The first-order valence-electron chi connectivity index (χ1n) is 7.29. The molecule has 0 radical (unpaired) electrons. The maximum absolute atomic E-state index is 13.3. The van der Waals surface area contributed by atoms with Crippen LogP contribution < -0.4 is 5.32 Å². The van der Waals surface area contributed by atoms with E-state index in [0.29, 0.717) is 31.6 Å². The molecule has 1 saturated heterocycles. The Bertz CT molecular complexity index is 564. The van der Waals surface area contributed by atoms with Crippen LogP contribution in [0, 0.1) is 5.82 Å². The summed E-state index contributed by atoms with van der Waals surface area (Å²) in [5.41, 5.74) is -0.233. The molecular formula is C16H21FN2O3. The largest absolute Gasteiger partial charge is 0.383 e. The van der Waals surface area contributed by atoms with Crippen molar-refractivity contribution in [3.63, 3.8) is 0 Å². The average Bonchev–Trinajstić information content (AvgIpc) is 2.77. The van der Waals surface area contributed by atoms with Gasteiger partial charge in [-0.05, 0) is 31.0 Å². The van der Waals surface area contributed by atoms with Gasteiger partial charge in [-0.15, -0.1) is 0 Å². The van der Waals surface area contributed by atoms with Crippen LogP contribution in [0.25, 0.3) is 0 Å². The Morgan fingerprint density at radius 2 is 2.27 bits per heavy atom. The number of halogens is 1. The molecular weight excluding hydrogens is 287 g/mol. The summed E-state index contributed by atoms with van der Waals surface area (Å²) < 4.78 is 18.2. The van der Waals surface area contributed by atoms with Crippen molar-refractivity contribution in [3.05, 3.63) is 35.6 Å². The molecule has 1 aromatic rings. The Kier molecular flexibility index (Phi) is 5.13. The van der Waals surface area contributed by atoms with E-state index in [0.717, 1.165) is 0 Å². The van der Waals surface area contributed by atoms with Crippen molar-refractivity contribution in [2.45, 2.75) is 31.8 Å². The van der Waals surface area contributed by atoms with E-state index in [9.17, 15) is 14.0 Å². The lowest BCUT2D eigenvalue weighted by Crippen LogP contribution is -2.54. The number of carbonyl (C=O) groups excluding carboxylic acids is 2. The fraction of sp³-hybridized carbons (Fsp3) is 0.500. The number of carbonyl (C=O) groups is 2. The highest BCUT2D eigenvalue weighted by Gasteiger charge is 2.46. The molecule has 0 bridgehead atoms. The molecule has 0 aromatic heterocycles. The van der Waals surface area contributed by atoms with Crippen LogP contribution in [0.3, 0.4) is 0 Å². The topological polar surface area (TPSA) is 58.6 Å². The molecule has 0 unspecified atom stereocenters. The zero-order valence-electron chi connectivity index (χ0n) is 12.9. The molecule has 2 amide bonds. The van der Waals surface area contributed by atoms with Crippen LogP contribution in [0.1, 0.15) is 25.3 Å². The van der Waals surface area contributed by atoms with Crippen LogP contribution in [0.4, 0.5) is 4.39 Å². The van der Waals surface area contributed by atoms with Gasteiger partial charge in [-0.1, -0.05) is 12.1 Å². The van der Waals surface area contributed by atoms with E-state index in [-0.39, 0.29) is 24.2 Å². The first kappa shape index (κ1) is 16.4. The lowest BCUT2D eigenvalue weighted by molar-refractivity contribution is -0.141. The van der Waals surface area contributed by atoms with E-state index >= 15 is 0 Å². The quantitative estimate of drug-likeness (QED) is 0.810. The van der Waals surface area contributed by atoms with E-state index in [1.807, 2.05) is 0 Å². The fourth-order valence-corrected chi connectivity index (χ4v) is 2.67. The number of likely N-dealkylation sites (tertiary alicyclic amines) is 1. The van der Waals surface area contributed by atoms with Crippen LogP contribution in [0.15, 0.2) is 24.3 Å². The number of ether oxygens (including phenoxy) is 1. The first-order chi connectivity index (χ1) is 10.5. The fourth-order valence-electron chi connectivity index (χ4n) is 2.67. The maximum Gasteiger partial charge on any atom is 0.245 e. The summed E-state index contributed by atoms with van der Waals surface area (Å²) in [7, 11) is 1.56. The van der Waals surface area contributed by atoms with Gasteiger partial charge < -0.3 is 15.0 Å². The number of nitrogens with zero attached hydrogens (tertiary/aromatic N) is 1. The average molecular weight is 308 g/mol. The summed E-state index contributed by atoms with van der Waals surface area (Å²) in [6.45, 7) is 2.79. The van der Waals surface area contributed by atoms with Crippen molar-refractivity contribution < 1.29 is 18.7 Å². The van der Waals surface area contributed by atoms with E-state index in [1.165, 1.54) is 17.0 Å². The number of rotatable bonds is 6. The highest BCUT2D eigenvalue weighted by atomic mass is 19.1. The van der Waals surface area contributed by atoms with Crippen molar-refractivity contribution in [2.75, 3.05) is 20.3 Å². The van der Waals surface area contributed by atoms with Crippen molar-refractivity contribution >= 4 is 11.8 Å². The summed E-state index contributed by atoms with van der Waals surface area (Å²) in [6, 6.07) is 6.08. The van der Waals surface area contributed by atoms with Gasteiger partial charge in [0.2, 0.25) is 11.8 Å². The molecule has 1 aliphatic heterocycles. The lowest BCUT2D eigenvalue weighted by Gasteiger charge is -2.34. The maximum atomic E-state index is 13.3. The molecule has 0 spiro atoms. The Morgan fingerprint density at radius 1 is 1.50 bits per heavy atom. The molecule has 2 rings (SSSR count). The van der Waals surface area contributed by atoms with Crippen LogP contribution >= 0.6 is 0 Å². The molecule has 1 heterocycles. The van der Waals surface area contributed by atoms with E-state index in [4.69, 9.17) is 4.74 Å². The van der Waals surface area contributed by atoms with Crippen LogP contribution in [0.2, 0.25) is 0 Å². The van der Waals surface area contributed by atoms with E-state index in [2.05, 4.69) is 5.32 Å². The molecule has 1 atom stereocenters. The monoisotopic (exact) mass is 308 g/mol. The highest BCUT2D eigenvalue weighted by Crippen LogP contribution is 2.32.